The maximum atomic E-state index is 2.97. The Kier molecular flexibility index (Phi) is 20.7. The maximum absolute atomic E-state index is 2.97. The van der Waals surface area contributed by atoms with Crippen molar-refractivity contribution < 1.29 is 19.2 Å². The molecule has 4 aromatic rings. The van der Waals surface area contributed by atoms with Gasteiger partial charge in [0.2, 0.25) is 0 Å². The zero-order valence-corrected chi connectivity index (χ0v) is 34.9. The Labute approximate surface area is 299 Å². The van der Waals surface area contributed by atoms with E-state index in [0.717, 1.165) is 0 Å². The molecule has 44 heavy (non-hydrogen) atoms. The summed E-state index contributed by atoms with van der Waals surface area (Å²) in [6, 6.07) is 19.1. The molecule has 248 valence electrons. The van der Waals surface area contributed by atoms with Gasteiger partial charge in [0.05, 0.1) is 0 Å². The molecule has 0 aromatic heterocycles. The van der Waals surface area contributed by atoms with Crippen LogP contribution < -0.4 is 0 Å². The molecule has 0 amide bonds. The number of rotatable bonds is 4. The van der Waals surface area contributed by atoms with E-state index in [2.05, 4.69) is 153 Å². The fraction of sp³-hybridized carbons (Fsp3) is 0.500. The number of fused-ring (bicyclic) bond motifs is 2. The van der Waals surface area contributed by atoms with Gasteiger partial charge in [-0.1, -0.05) is 131 Å². The van der Waals surface area contributed by atoms with Crippen LogP contribution in [0.1, 0.15) is 154 Å². The van der Waals surface area contributed by atoms with E-state index in [-0.39, 0.29) is 50.5 Å². The first-order chi connectivity index (χ1) is 18.4. The Hall–Kier alpha value is -0.829. The molecule has 0 N–H and O–H groups in total. The summed E-state index contributed by atoms with van der Waals surface area (Å²) < 4.78 is 0. The first-order valence-electron chi connectivity index (χ1n) is 15.1. The fourth-order valence-electron chi connectivity index (χ4n) is 5.24. The number of benzene rings is 2. The SMILES string of the molecule is CC(C)c1cc(C(C)C)c2cc(C(C)(C)C)[cH-]c2c1.CC(C)c1cc(C(C)C)c2cc(C(C)(C)C)[cH-]c2c1.Cl.Cl.[CH3-].[CH3-].[Si]=[Ti]. The molecule has 0 aliphatic rings. The second-order valence-corrected chi connectivity index (χ2v) is 14.8. The average Bonchev–Trinajstić information content (AvgIpc) is 3.48. The van der Waals surface area contributed by atoms with E-state index in [1.165, 1.54) is 54.9 Å². The van der Waals surface area contributed by atoms with Gasteiger partial charge in [-0.25, -0.2) is 0 Å². The summed E-state index contributed by atoms with van der Waals surface area (Å²) in [5, 5.41) is 5.73. The minimum absolute atomic E-state index is 0. The molecule has 0 aliphatic heterocycles. The molecule has 0 nitrogen and oxygen atoms in total. The standard InChI is InChI=1S/2C19H27.2CH3.2ClH.Si.Ti/c2*1-12(2)14-8-15-9-16(19(5,6)7)11-18(15)17(10-14)13(3)4;;;;;;/h2*8-13H,1-7H3;2*1H3;2*1H;;/q4*-1;;;;. The van der Waals surface area contributed by atoms with Gasteiger partial charge in [0.15, 0.2) is 0 Å². The summed E-state index contributed by atoms with van der Waals surface area (Å²) in [5.41, 5.74) is 9.27. The van der Waals surface area contributed by atoms with Gasteiger partial charge < -0.3 is 14.9 Å². The van der Waals surface area contributed by atoms with Crippen LogP contribution >= 0.6 is 24.8 Å². The number of halogens is 2. The van der Waals surface area contributed by atoms with Gasteiger partial charge in [0, 0.05) is 0 Å². The Bertz CT molecular complexity index is 1300. The molecule has 2 radical (unpaired) electrons. The summed E-state index contributed by atoms with van der Waals surface area (Å²) in [7, 11) is 2.97. The molecule has 0 saturated carbocycles. The molecule has 0 aliphatic carbocycles. The monoisotopic (exact) mass is 688 g/mol. The third-order valence-electron chi connectivity index (χ3n) is 8.06. The summed E-state index contributed by atoms with van der Waals surface area (Å²) in [4.78, 5) is 0. The van der Waals surface area contributed by atoms with Gasteiger partial charge in [-0.3, -0.25) is 0 Å². The molecule has 0 bridgehead atoms. The molecular weight excluding hydrogens is 627 g/mol. The number of hydrogen-bond acceptors (Lipinski definition) is 0. The van der Waals surface area contributed by atoms with E-state index in [0.29, 0.717) is 23.7 Å². The Morgan fingerprint density at radius 3 is 0.977 bits per heavy atom. The molecule has 0 saturated heterocycles. The molecule has 0 unspecified atom stereocenters. The van der Waals surface area contributed by atoms with E-state index < -0.39 is 0 Å². The fourth-order valence-corrected chi connectivity index (χ4v) is 5.24. The van der Waals surface area contributed by atoms with E-state index in [1.807, 2.05) is 0 Å². The van der Waals surface area contributed by atoms with Crippen molar-refractivity contribution in [3.05, 3.63) is 96.8 Å². The topological polar surface area (TPSA) is 0 Å². The summed E-state index contributed by atoms with van der Waals surface area (Å²) in [5.74, 6) is 2.35. The van der Waals surface area contributed by atoms with Crippen LogP contribution in [0, 0.1) is 14.9 Å². The van der Waals surface area contributed by atoms with Gasteiger partial charge in [-0.15, -0.1) is 81.8 Å². The van der Waals surface area contributed by atoms with E-state index in [9.17, 15) is 0 Å². The summed E-state index contributed by atoms with van der Waals surface area (Å²) >= 11 is 1.81. The van der Waals surface area contributed by atoms with Crippen molar-refractivity contribution in [3.8, 4) is 0 Å². The molecule has 0 fully saturated rings. The second kappa shape index (κ2) is 19.1. The zero-order chi connectivity index (χ0) is 30.7. The third kappa shape index (κ3) is 11.8. The van der Waals surface area contributed by atoms with Crippen molar-refractivity contribution in [2.24, 2.45) is 0 Å². The molecular formula is C40H62Cl2SiTi-4. The van der Waals surface area contributed by atoms with Crippen molar-refractivity contribution in [3.63, 3.8) is 0 Å². The molecule has 0 heterocycles. The zero-order valence-electron chi connectivity index (χ0n) is 30.7. The molecule has 0 atom stereocenters. The van der Waals surface area contributed by atoms with E-state index >= 15 is 0 Å². The summed E-state index contributed by atoms with van der Waals surface area (Å²) in [6.45, 7) is 32.0. The van der Waals surface area contributed by atoms with Crippen molar-refractivity contribution in [1.29, 1.82) is 0 Å². The number of hydrogen-bond donors (Lipinski definition) is 0. The summed E-state index contributed by atoms with van der Waals surface area (Å²) in [6.07, 6.45) is 0. The predicted octanol–water partition coefficient (Wildman–Crippen LogP) is 13.6. The molecule has 4 heteroatoms. The van der Waals surface area contributed by atoms with E-state index in [1.54, 1.807) is 19.2 Å². The van der Waals surface area contributed by atoms with Crippen molar-refractivity contribution in [2.45, 2.75) is 131 Å². The quantitative estimate of drug-likeness (QED) is 0.148. The van der Waals surface area contributed by atoms with Crippen molar-refractivity contribution in [1.82, 2.24) is 0 Å². The second-order valence-electron chi connectivity index (χ2n) is 14.8. The average molecular weight is 690 g/mol. The van der Waals surface area contributed by atoms with Crippen LogP contribution in [0.4, 0.5) is 0 Å². The van der Waals surface area contributed by atoms with Crippen LogP contribution in [-0.4, -0.2) is 7.63 Å². The van der Waals surface area contributed by atoms with Gasteiger partial charge in [0.1, 0.15) is 0 Å². The normalized spacial score (nSPS) is 11.2. The van der Waals surface area contributed by atoms with Crippen LogP contribution in [-0.2, 0) is 30.0 Å². The third-order valence-corrected chi connectivity index (χ3v) is 8.06. The van der Waals surface area contributed by atoms with E-state index in [4.69, 9.17) is 0 Å². The molecule has 4 aromatic carbocycles. The van der Waals surface area contributed by atoms with Crippen LogP contribution in [0.5, 0.6) is 0 Å². The van der Waals surface area contributed by atoms with Crippen LogP contribution in [0.15, 0.2) is 48.5 Å². The Morgan fingerprint density at radius 2 is 0.773 bits per heavy atom. The van der Waals surface area contributed by atoms with Gasteiger partial charge in [0.25, 0.3) is 0 Å². The molecule has 0 spiro atoms. The van der Waals surface area contributed by atoms with Crippen molar-refractivity contribution >= 4 is 54.0 Å². The predicted molar refractivity (Wildman–Crippen MR) is 206 cm³/mol. The Morgan fingerprint density at radius 1 is 0.500 bits per heavy atom. The minimum atomic E-state index is 0. The first kappa shape index (κ1) is 47.6. The van der Waals surface area contributed by atoms with Crippen molar-refractivity contribution in [2.75, 3.05) is 0 Å². The van der Waals surface area contributed by atoms with Crippen LogP contribution in [0.3, 0.4) is 0 Å². The van der Waals surface area contributed by atoms with Gasteiger partial charge in [-0.05, 0) is 34.5 Å². The molecule has 4 rings (SSSR count). The van der Waals surface area contributed by atoms with Crippen LogP contribution in [0.2, 0.25) is 0 Å². The Balaban J connectivity index is -0.000000666. The first-order valence-corrected chi connectivity index (χ1v) is 18.0. The van der Waals surface area contributed by atoms with Gasteiger partial charge in [-0.2, -0.15) is 12.1 Å². The van der Waals surface area contributed by atoms with Crippen LogP contribution in [0.25, 0.3) is 21.5 Å². The van der Waals surface area contributed by atoms with Gasteiger partial charge >= 0.3 is 26.8 Å².